The molecule has 0 aliphatic rings. The molecule has 1 amide bonds. The number of carbonyl (C=O) groups is 1. The highest BCUT2D eigenvalue weighted by atomic mass is 16.1. The molecular weight excluding hydrogens is 150 g/mol. The van der Waals surface area contributed by atoms with E-state index in [-0.39, 0.29) is 0 Å². The first kappa shape index (κ1) is 8.78. The number of aryl methyl sites for hydroxylation is 1. The predicted molar refractivity (Wildman–Crippen MR) is 50.1 cm³/mol. The van der Waals surface area contributed by atoms with Crippen molar-refractivity contribution in [3.63, 3.8) is 0 Å². The van der Waals surface area contributed by atoms with Gasteiger partial charge in [-0.25, -0.2) is 0 Å². The van der Waals surface area contributed by atoms with E-state index in [0.29, 0.717) is 6.41 Å². The normalized spacial score (nSPS) is 9.42. The highest BCUT2D eigenvalue weighted by molar-refractivity contribution is 5.70. The number of anilines is 1. The molecule has 0 aromatic heterocycles. The van der Waals surface area contributed by atoms with Gasteiger partial charge >= 0.3 is 0 Å². The molecule has 0 saturated carbocycles. The van der Waals surface area contributed by atoms with Crippen LogP contribution in [0.2, 0.25) is 0 Å². The lowest BCUT2D eigenvalue weighted by Crippen LogP contribution is -1.93. The maximum absolute atomic E-state index is 10.1. The van der Waals surface area contributed by atoms with Crippen LogP contribution in [0.15, 0.2) is 24.3 Å². The zero-order valence-electron chi connectivity index (χ0n) is 7.21. The second kappa shape index (κ2) is 4.54. The van der Waals surface area contributed by atoms with E-state index in [2.05, 4.69) is 12.2 Å². The first-order valence-electron chi connectivity index (χ1n) is 4.16. The molecule has 0 heterocycles. The Labute approximate surface area is 72.6 Å². The van der Waals surface area contributed by atoms with E-state index in [4.69, 9.17) is 0 Å². The van der Waals surface area contributed by atoms with E-state index in [1.165, 1.54) is 5.56 Å². The molecule has 0 radical (unpaired) electrons. The van der Waals surface area contributed by atoms with Gasteiger partial charge in [-0.05, 0) is 24.1 Å². The minimum atomic E-state index is 0.689. The molecule has 12 heavy (non-hydrogen) atoms. The van der Waals surface area contributed by atoms with Crippen LogP contribution in [0.25, 0.3) is 0 Å². The van der Waals surface area contributed by atoms with Gasteiger partial charge in [0.05, 0.1) is 0 Å². The Morgan fingerprint density at radius 3 is 2.50 bits per heavy atom. The minimum absolute atomic E-state index is 0.689. The molecule has 0 atom stereocenters. The molecule has 0 saturated heterocycles. The number of hydrogen-bond acceptors (Lipinski definition) is 1. The summed E-state index contributed by atoms with van der Waals surface area (Å²) >= 11 is 0. The van der Waals surface area contributed by atoms with Crippen LogP contribution in [0.4, 0.5) is 5.69 Å². The third-order valence-electron chi connectivity index (χ3n) is 1.72. The molecule has 0 aliphatic heterocycles. The third-order valence-corrected chi connectivity index (χ3v) is 1.72. The van der Waals surface area contributed by atoms with Gasteiger partial charge in [0.15, 0.2) is 0 Å². The molecule has 0 unspecified atom stereocenters. The second-order valence-corrected chi connectivity index (χ2v) is 2.71. The molecule has 0 fully saturated rings. The molecule has 1 rings (SSSR count). The molecule has 0 spiro atoms. The van der Waals surface area contributed by atoms with Crippen molar-refractivity contribution in [1.82, 2.24) is 0 Å². The van der Waals surface area contributed by atoms with E-state index in [1.54, 1.807) is 0 Å². The van der Waals surface area contributed by atoms with E-state index in [1.807, 2.05) is 24.3 Å². The molecule has 1 N–H and O–H groups in total. The van der Waals surface area contributed by atoms with Gasteiger partial charge in [-0.1, -0.05) is 25.5 Å². The van der Waals surface area contributed by atoms with Crippen molar-refractivity contribution in [2.24, 2.45) is 0 Å². The van der Waals surface area contributed by atoms with Crippen LogP contribution in [0.1, 0.15) is 18.9 Å². The van der Waals surface area contributed by atoms with Crippen LogP contribution < -0.4 is 5.32 Å². The van der Waals surface area contributed by atoms with Gasteiger partial charge in [-0.15, -0.1) is 0 Å². The van der Waals surface area contributed by atoms with Crippen molar-refractivity contribution in [2.75, 3.05) is 5.32 Å². The summed E-state index contributed by atoms with van der Waals surface area (Å²) < 4.78 is 0. The lowest BCUT2D eigenvalue weighted by Gasteiger charge is -2.00. The Morgan fingerprint density at radius 2 is 2.00 bits per heavy atom. The van der Waals surface area contributed by atoms with Gasteiger partial charge in [0.25, 0.3) is 0 Å². The highest BCUT2D eigenvalue weighted by Crippen LogP contribution is 2.09. The van der Waals surface area contributed by atoms with E-state index >= 15 is 0 Å². The van der Waals surface area contributed by atoms with Crippen LogP contribution in [0.5, 0.6) is 0 Å². The fourth-order valence-electron chi connectivity index (χ4n) is 1.12. The Kier molecular flexibility index (Phi) is 3.33. The summed E-state index contributed by atoms with van der Waals surface area (Å²) in [6.07, 6.45) is 2.94. The summed E-state index contributed by atoms with van der Waals surface area (Å²) in [5, 5.41) is 2.60. The summed E-state index contributed by atoms with van der Waals surface area (Å²) in [6.45, 7) is 2.15. The topological polar surface area (TPSA) is 29.1 Å². The zero-order valence-corrected chi connectivity index (χ0v) is 7.21. The molecule has 0 bridgehead atoms. The van der Waals surface area contributed by atoms with Crippen LogP contribution in [-0.4, -0.2) is 6.41 Å². The molecule has 2 nitrogen and oxygen atoms in total. The Morgan fingerprint density at radius 1 is 1.33 bits per heavy atom. The van der Waals surface area contributed by atoms with Crippen LogP contribution in [-0.2, 0) is 11.2 Å². The van der Waals surface area contributed by atoms with Crippen molar-refractivity contribution in [1.29, 1.82) is 0 Å². The van der Waals surface area contributed by atoms with E-state index < -0.39 is 0 Å². The summed E-state index contributed by atoms with van der Waals surface area (Å²) in [5.41, 5.74) is 2.17. The van der Waals surface area contributed by atoms with Crippen LogP contribution in [0, 0.1) is 0 Å². The van der Waals surface area contributed by atoms with Gasteiger partial charge < -0.3 is 5.32 Å². The largest absolute Gasteiger partial charge is 0.329 e. The smallest absolute Gasteiger partial charge is 0.211 e. The summed E-state index contributed by atoms with van der Waals surface area (Å²) in [7, 11) is 0. The lowest BCUT2D eigenvalue weighted by molar-refractivity contribution is -0.105. The monoisotopic (exact) mass is 163 g/mol. The number of hydrogen-bond donors (Lipinski definition) is 1. The number of rotatable bonds is 4. The Balaban J connectivity index is 2.64. The first-order valence-corrected chi connectivity index (χ1v) is 4.16. The highest BCUT2D eigenvalue weighted by Gasteiger charge is 1.91. The van der Waals surface area contributed by atoms with Crippen molar-refractivity contribution in [3.05, 3.63) is 29.8 Å². The van der Waals surface area contributed by atoms with Crippen molar-refractivity contribution in [2.45, 2.75) is 19.8 Å². The predicted octanol–water partition coefficient (Wildman–Crippen LogP) is 2.21. The SMILES string of the molecule is CCCc1ccc(NC=O)cc1. The average Bonchev–Trinajstić information content (AvgIpc) is 2.09. The molecule has 1 aromatic rings. The fraction of sp³-hybridized carbons (Fsp3) is 0.300. The molecule has 64 valence electrons. The maximum Gasteiger partial charge on any atom is 0.211 e. The minimum Gasteiger partial charge on any atom is -0.329 e. The average molecular weight is 163 g/mol. The lowest BCUT2D eigenvalue weighted by atomic mass is 10.1. The number of amides is 1. The maximum atomic E-state index is 10.1. The van der Waals surface area contributed by atoms with Crippen LogP contribution in [0.3, 0.4) is 0 Å². The zero-order chi connectivity index (χ0) is 8.81. The van der Waals surface area contributed by atoms with Gasteiger partial charge in [-0.2, -0.15) is 0 Å². The van der Waals surface area contributed by atoms with Gasteiger partial charge in [0.2, 0.25) is 6.41 Å². The first-order chi connectivity index (χ1) is 5.86. The number of carbonyl (C=O) groups excluding carboxylic acids is 1. The van der Waals surface area contributed by atoms with Gasteiger partial charge in [0, 0.05) is 5.69 Å². The second-order valence-electron chi connectivity index (χ2n) is 2.71. The van der Waals surface area contributed by atoms with E-state index in [9.17, 15) is 4.79 Å². The number of benzene rings is 1. The van der Waals surface area contributed by atoms with Gasteiger partial charge in [-0.3, -0.25) is 4.79 Å². The number of nitrogens with one attached hydrogen (secondary N) is 1. The van der Waals surface area contributed by atoms with E-state index in [0.717, 1.165) is 18.5 Å². The molecule has 2 heteroatoms. The Bertz CT molecular complexity index is 241. The molecule has 0 aliphatic carbocycles. The molecular formula is C10H13NO. The summed E-state index contributed by atoms with van der Waals surface area (Å²) in [5.74, 6) is 0. The summed E-state index contributed by atoms with van der Waals surface area (Å²) in [4.78, 5) is 10.1. The standard InChI is InChI=1S/C10H13NO/c1-2-3-9-4-6-10(7-5-9)11-8-12/h4-8H,2-3H2,1H3,(H,11,12). The quantitative estimate of drug-likeness (QED) is 0.677. The van der Waals surface area contributed by atoms with Crippen LogP contribution >= 0.6 is 0 Å². The van der Waals surface area contributed by atoms with Crippen molar-refractivity contribution in [3.8, 4) is 0 Å². The van der Waals surface area contributed by atoms with Gasteiger partial charge in [0.1, 0.15) is 0 Å². The third kappa shape index (κ3) is 2.38. The Hall–Kier alpha value is -1.31. The van der Waals surface area contributed by atoms with Crippen molar-refractivity contribution < 1.29 is 4.79 Å². The summed E-state index contributed by atoms with van der Waals surface area (Å²) in [6, 6.07) is 7.91. The fourth-order valence-corrected chi connectivity index (χ4v) is 1.12. The molecule has 1 aromatic carbocycles. The van der Waals surface area contributed by atoms with Crippen molar-refractivity contribution >= 4 is 12.1 Å².